The maximum Gasteiger partial charge on any atom is 0.263 e. The van der Waals surface area contributed by atoms with Crippen molar-refractivity contribution < 1.29 is 4.79 Å². The highest BCUT2D eigenvalue weighted by molar-refractivity contribution is 7.17. The minimum atomic E-state index is -0.116. The number of imidazole rings is 1. The van der Waals surface area contributed by atoms with Gasteiger partial charge in [-0.15, -0.1) is 11.3 Å². The van der Waals surface area contributed by atoms with Crippen molar-refractivity contribution in [1.82, 2.24) is 19.9 Å². The first-order valence-electron chi connectivity index (χ1n) is 8.35. The lowest BCUT2D eigenvalue weighted by molar-refractivity contribution is 0.0953. The number of benzene rings is 2. The average Bonchev–Trinajstić information content (AvgIpc) is 3.21. The van der Waals surface area contributed by atoms with E-state index in [9.17, 15) is 4.79 Å². The van der Waals surface area contributed by atoms with Crippen LogP contribution in [0.3, 0.4) is 0 Å². The van der Waals surface area contributed by atoms with Gasteiger partial charge in [-0.2, -0.15) is 0 Å². The van der Waals surface area contributed by atoms with E-state index in [0.29, 0.717) is 11.4 Å². The molecule has 0 bridgehead atoms. The average molecular weight is 362 g/mol. The zero-order valence-electron chi connectivity index (χ0n) is 14.6. The van der Waals surface area contributed by atoms with Crippen LogP contribution in [0.1, 0.15) is 21.2 Å². The zero-order valence-corrected chi connectivity index (χ0v) is 15.4. The molecule has 0 radical (unpaired) electrons. The summed E-state index contributed by atoms with van der Waals surface area (Å²) in [6, 6.07) is 17.8. The van der Waals surface area contributed by atoms with Gasteiger partial charge < -0.3 is 9.88 Å². The molecule has 0 fully saturated rings. The second kappa shape index (κ2) is 6.72. The van der Waals surface area contributed by atoms with E-state index in [1.807, 2.05) is 73.1 Å². The molecule has 6 heteroatoms. The normalized spacial score (nSPS) is 11.0. The molecule has 130 valence electrons. The van der Waals surface area contributed by atoms with E-state index in [1.54, 1.807) is 0 Å². The second-order valence-corrected chi connectivity index (χ2v) is 7.06. The Hall–Kier alpha value is -2.99. The first-order chi connectivity index (χ1) is 12.6. The van der Waals surface area contributed by atoms with Crippen molar-refractivity contribution in [2.75, 3.05) is 0 Å². The molecule has 0 unspecified atom stereocenters. The van der Waals surface area contributed by atoms with Crippen LogP contribution in [0.25, 0.3) is 21.6 Å². The molecule has 2 aromatic heterocycles. The van der Waals surface area contributed by atoms with Gasteiger partial charge in [0.25, 0.3) is 5.91 Å². The molecule has 0 spiro atoms. The summed E-state index contributed by atoms with van der Waals surface area (Å²) in [6.07, 6.45) is 0. The molecular formula is C20H18N4OS. The van der Waals surface area contributed by atoms with Crippen molar-refractivity contribution in [3.8, 4) is 10.6 Å². The molecule has 0 atom stereocenters. The Kier molecular flexibility index (Phi) is 4.26. The van der Waals surface area contributed by atoms with Crippen LogP contribution in [0.2, 0.25) is 0 Å². The largest absolute Gasteiger partial charge is 0.344 e. The Labute approximate surface area is 155 Å². The summed E-state index contributed by atoms with van der Waals surface area (Å²) >= 11 is 1.41. The van der Waals surface area contributed by atoms with E-state index >= 15 is 0 Å². The van der Waals surface area contributed by atoms with Gasteiger partial charge in [-0.3, -0.25) is 4.79 Å². The third-order valence-electron chi connectivity index (χ3n) is 4.31. The summed E-state index contributed by atoms with van der Waals surface area (Å²) in [4.78, 5) is 22.4. The van der Waals surface area contributed by atoms with Crippen LogP contribution in [0, 0.1) is 6.92 Å². The fourth-order valence-corrected chi connectivity index (χ4v) is 3.89. The number of fused-ring (bicyclic) bond motifs is 1. The number of hydrogen-bond donors (Lipinski definition) is 1. The van der Waals surface area contributed by atoms with Crippen molar-refractivity contribution in [2.45, 2.75) is 13.5 Å². The number of rotatable bonds is 4. The summed E-state index contributed by atoms with van der Waals surface area (Å²) in [5.74, 6) is 0.708. The molecule has 0 saturated carbocycles. The van der Waals surface area contributed by atoms with Crippen molar-refractivity contribution >= 4 is 28.3 Å². The number of nitrogens with one attached hydrogen (secondary N) is 1. The van der Waals surface area contributed by atoms with Crippen LogP contribution in [-0.4, -0.2) is 20.4 Å². The van der Waals surface area contributed by atoms with Crippen molar-refractivity contribution in [2.24, 2.45) is 7.05 Å². The van der Waals surface area contributed by atoms with Crippen LogP contribution in [0.4, 0.5) is 0 Å². The van der Waals surface area contributed by atoms with E-state index in [2.05, 4.69) is 15.3 Å². The Morgan fingerprint density at radius 2 is 1.81 bits per heavy atom. The summed E-state index contributed by atoms with van der Waals surface area (Å²) in [6.45, 7) is 2.24. The van der Waals surface area contributed by atoms with E-state index in [1.165, 1.54) is 11.3 Å². The van der Waals surface area contributed by atoms with Gasteiger partial charge in [-0.25, -0.2) is 9.97 Å². The smallest absolute Gasteiger partial charge is 0.263 e. The predicted octanol–water partition coefficient (Wildman–Crippen LogP) is 3.94. The molecule has 26 heavy (non-hydrogen) atoms. The predicted molar refractivity (Wildman–Crippen MR) is 104 cm³/mol. The highest BCUT2D eigenvalue weighted by Crippen LogP contribution is 2.27. The quantitative estimate of drug-likeness (QED) is 0.598. The van der Waals surface area contributed by atoms with Gasteiger partial charge in [-0.05, 0) is 19.1 Å². The number of aryl methyl sites for hydroxylation is 2. The van der Waals surface area contributed by atoms with Gasteiger partial charge in [-0.1, -0.05) is 42.5 Å². The topological polar surface area (TPSA) is 59.8 Å². The van der Waals surface area contributed by atoms with Gasteiger partial charge in [0.2, 0.25) is 0 Å². The van der Waals surface area contributed by atoms with Gasteiger partial charge in [0.15, 0.2) is 0 Å². The lowest BCUT2D eigenvalue weighted by Gasteiger charge is -2.04. The molecule has 4 rings (SSSR count). The first-order valence-corrected chi connectivity index (χ1v) is 9.16. The number of hydrogen-bond acceptors (Lipinski definition) is 4. The van der Waals surface area contributed by atoms with E-state index in [4.69, 9.17) is 0 Å². The number of carbonyl (C=O) groups is 1. The lowest BCUT2D eigenvalue weighted by Crippen LogP contribution is -2.24. The second-order valence-electron chi connectivity index (χ2n) is 6.06. The maximum absolute atomic E-state index is 12.6. The monoisotopic (exact) mass is 362 g/mol. The number of carbonyl (C=O) groups excluding carboxylic acids is 1. The third kappa shape index (κ3) is 2.99. The molecule has 4 aromatic rings. The third-order valence-corrected chi connectivity index (χ3v) is 5.52. The molecule has 0 saturated heterocycles. The fraction of sp³-hybridized carbons (Fsp3) is 0.150. The van der Waals surface area contributed by atoms with Crippen LogP contribution >= 0.6 is 11.3 Å². The highest BCUT2D eigenvalue weighted by Gasteiger charge is 2.17. The van der Waals surface area contributed by atoms with E-state index in [0.717, 1.165) is 33.1 Å². The number of para-hydroxylation sites is 2. The SMILES string of the molecule is Cc1nc(-c2ccccc2)sc1C(=O)NCc1nc2ccccc2n1C. The molecule has 0 aliphatic carbocycles. The van der Waals surface area contributed by atoms with Crippen LogP contribution in [0.5, 0.6) is 0 Å². The zero-order chi connectivity index (χ0) is 18.1. The molecule has 1 N–H and O–H groups in total. The van der Waals surface area contributed by atoms with Crippen LogP contribution in [-0.2, 0) is 13.6 Å². The van der Waals surface area contributed by atoms with Gasteiger partial charge in [0.1, 0.15) is 15.7 Å². The number of aromatic nitrogens is 3. The number of thiazole rings is 1. The minimum Gasteiger partial charge on any atom is -0.344 e. The van der Waals surface area contributed by atoms with Crippen LogP contribution in [0.15, 0.2) is 54.6 Å². The Bertz CT molecular complexity index is 1080. The van der Waals surface area contributed by atoms with Crippen molar-refractivity contribution in [3.05, 3.63) is 71.0 Å². The summed E-state index contributed by atoms with van der Waals surface area (Å²) in [7, 11) is 1.96. The standard InChI is InChI=1S/C20H18N4OS/c1-13-18(26-20(22-13)14-8-4-3-5-9-14)19(25)21-12-17-23-15-10-6-7-11-16(15)24(17)2/h3-11H,12H2,1-2H3,(H,21,25). The van der Waals surface area contributed by atoms with Crippen LogP contribution < -0.4 is 5.32 Å². The Morgan fingerprint density at radius 3 is 2.58 bits per heavy atom. The van der Waals surface area contributed by atoms with E-state index in [-0.39, 0.29) is 5.91 Å². The number of amides is 1. The molecule has 5 nitrogen and oxygen atoms in total. The van der Waals surface area contributed by atoms with Crippen molar-refractivity contribution in [3.63, 3.8) is 0 Å². The number of nitrogens with zero attached hydrogens (tertiary/aromatic N) is 3. The molecule has 1 amide bonds. The van der Waals surface area contributed by atoms with Crippen molar-refractivity contribution in [1.29, 1.82) is 0 Å². The maximum atomic E-state index is 12.6. The Morgan fingerprint density at radius 1 is 1.08 bits per heavy atom. The molecule has 2 heterocycles. The van der Waals surface area contributed by atoms with Gasteiger partial charge in [0.05, 0.1) is 23.3 Å². The van der Waals surface area contributed by atoms with Gasteiger partial charge in [0, 0.05) is 12.6 Å². The molecule has 0 aliphatic rings. The minimum absolute atomic E-state index is 0.116. The molecule has 2 aromatic carbocycles. The Balaban J connectivity index is 1.53. The van der Waals surface area contributed by atoms with Gasteiger partial charge >= 0.3 is 0 Å². The lowest BCUT2D eigenvalue weighted by atomic mass is 10.2. The summed E-state index contributed by atoms with van der Waals surface area (Å²) in [5.41, 5.74) is 3.75. The fourth-order valence-electron chi connectivity index (χ4n) is 2.90. The summed E-state index contributed by atoms with van der Waals surface area (Å²) < 4.78 is 2.00. The molecule has 0 aliphatic heterocycles. The highest BCUT2D eigenvalue weighted by atomic mass is 32.1. The molecular weight excluding hydrogens is 344 g/mol. The summed E-state index contributed by atoms with van der Waals surface area (Å²) in [5, 5.41) is 3.83. The first kappa shape index (κ1) is 16.5. The van der Waals surface area contributed by atoms with E-state index < -0.39 is 0 Å².